The summed E-state index contributed by atoms with van der Waals surface area (Å²) in [6.07, 6.45) is 0. The zero-order valence-corrected chi connectivity index (χ0v) is 30.5. The molecule has 8 aromatic carbocycles. The van der Waals surface area contributed by atoms with Gasteiger partial charge in [0.25, 0.3) is 0 Å². The summed E-state index contributed by atoms with van der Waals surface area (Å²) in [6, 6.07) is 74.5. The van der Waals surface area contributed by atoms with Gasteiger partial charge in [-0.05, 0) is 51.6 Å². The van der Waals surface area contributed by atoms with Gasteiger partial charge >= 0.3 is 0 Å². The summed E-state index contributed by atoms with van der Waals surface area (Å²) >= 11 is 0. The van der Waals surface area contributed by atoms with Gasteiger partial charge < -0.3 is 0 Å². The quantitative estimate of drug-likeness (QED) is 0.154. The first-order valence-corrected chi connectivity index (χ1v) is 18.9. The summed E-state index contributed by atoms with van der Waals surface area (Å²) in [5.74, 6) is 0.709. The molecule has 3 heteroatoms. The van der Waals surface area contributed by atoms with Gasteiger partial charge in [-0.1, -0.05) is 194 Å². The van der Waals surface area contributed by atoms with Gasteiger partial charge in [0.2, 0.25) is 0 Å². The number of hydrogen-bond acceptors (Lipinski definition) is 3. The van der Waals surface area contributed by atoms with Crippen LogP contribution in [0.5, 0.6) is 0 Å². The Morgan fingerprint density at radius 2 is 0.732 bits per heavy atom. The van der Waals surface area contributed by atoms with Crippen LogP contribution in [0.4, 0.5) is 0 Å². The van der Waals surface area contributed by atoms with Crippen LogP contribution in [-0.4, -0.2) is 15.0 Å². The summed E-state index contributed by atoms with van der Waals surface area (Å²) in [5.41, 5.74) is 14.9. The monoisotopic (exact) mass is 713 g/mol. The molecule has 0 aliphatic rings. The van der Waals surface area contributed by atoms with Crippen molar-refractivity contribution in [1.29, 1.82) is 0 Å². The highest BCUT2D eigenvalue weighted by molar-refractivity contribution is 6.17. The molecule has 0 fully saturated rings. The van der Waals surface area contributed by atoms with Gasteiger partial charge in [0.05, 0.1) is 22.6 Å². The van der Waals surface area contributed by atoms with Gasteiger partial charge in [0, 0.05) is 38.4 Å². The van der Waals surface area contributed by atoms with Gasteiger partial charge in [0.15, 0.2) is 5.82 Å². The van der Waals surface area contributed by atoms with E-state index in [1.807, 2.05) is 36.4 Å². The average molecular weight is 714 g/mol. The molecule has 10 aromatic rings. The fourth-order valence-corrected chi connectivity index (χ4v) is 7.66. The molecule has 56 heavy (non-hydrogen) atoms. The Labute approximate surface area is 326 Å². The zero-order chi connectivity index (χ0) is 37.3. The Bertz CT molecular complexity index is 2900. The fourth-order valence-electron chi connectivity index (χ4n) is 7.66. The van der Waals surface area contributed by atoms with Crippen LogP contribution in [-0.2, 0) is 0 Å². The maximum absolute atomic E-state index is 5.35. The Morgan fingerprint density at radius 3 is 1.36 bits per heavy atom. The highest BCUT2D eigenvalue weighted by atomic mass is 14.9. The van der Waals surface area contributed by atoms with Crippen LogP contribution in [0.2, 0.25) is 0 Å². The number of benzene rings is 8. The number of pyridine rings is 1. The highest BCUT2D eigenvalue weighted by Crippen LogP contribution is 2.40. The minimum Gasteiger partial charge on any atom is -0.247 e. The second-order valence-electron chi connectivity index (χ2n) is 14.0. The Morgan fingerprint density at radius 1 is 0.268 bits per heavy atom. The molecule has 0 bridgehead atoms. The van der Waals surface area contributed by atoms with Gasteiger partial charge in [0.1, 0.15) is 0 Å². The van der Waals surface area contributed by atoms with Crippen LogP contribution in [0.15, 0.2) is 212 Å². The highest BCUT2D eigenvalue weighted by Gasteiger charge is 2.16. The average Bonchev–Trinajstić information content (AvgIpc) is 3.29. The van der Waals surface area contributed by atoms with E-state index in [9.17, 15) is 0 Å². The van der Waals surface area contributed by atoms with E-state index in [1.54, 1.807) is 0 Å². The van der Waals surface area contributed by atoms with Crippen LogP contribution < -0.4 is 0 Å². The molecule has 0 radical (unpaired) electrons. The van der Waals surface area contributed by atoms with E-state index in [0.717, 1.165) is 66.8 Å². The van der Waals surface area contributed by atoms with Crippen LogP contribution in [0.25, 0.3) is 100 Å². The topological polar surface area (TPSA) is 38.7 Å². The van der Waals surface area contributed by atoms with E-state index < -0.39 is 0 Å². The van der Waals surface area contributed by atoms with Crippen LogP contribution in [0.1, 0.15) is 0 Å². The summed E-state index contributed by atoms with van der Waals surface area (Å²) in [4.78, 5) is 15.4. The molecule has 0 aliphatic heterocycles. The molecular formula is C53H35N3. The Hall–Kier alpha value is -7.49. The van der Waals surface area contributed by atoms with Gasteiger partial charge in [-0.25, -0.2) is 15.0 Å². The molecule has 0 spiro atoms. The van der Waals surface area contributed by atoms with E-state index >= 15 is 0 Å². The Kier molecular flexibility index (Phi) is 8.51. The molecule has 10 rings (SSSR count). The summed E-state index contributed by atoms with van der Waals surface area (Å²) in [7, 11) is 0. The lowest BCUT2D eigenvalue weighted by Gasteiger charge is -2.15. The van der Waals surface area contributed by atoms with E-state index in [-0.39, 0.29) is 0 Å². The van der Waals surface area contributed by atoms with Crippen molar-refractivity contribution in [3.05, 3.63) is 212 Å². The molecule has 0 unspecified atom stereocenters. The number of nitrogens with zero attached hydrogens (tertiary/aromatic N) is 3. The van der Waals surface area contributed by atoms with E-state index in [1.165, 1.54) is 27.6 Å². The van der Waals surface area contributed by atoms with Crippen molar-refractivity contribution in [3.63, 3.8) is 0 Å². The van der Waals surface area contributed by atoms with Crippen LogP contribution in [0.3, 0.4) is 0 Å². The van der Waals surface area contributed by atoms with Crippen molar-refractivity contribution >= 4 is 21.7 Å². The predicted molar refractivity (Wildman–Crippen MR) is 233 cm³/mol. The Balaban J connectivity index is 1.08. The molecule has 3 nitrogen and oxygen atoms in total. The smallest absolute Gasteiger partial charge is 0.160 e. The van der Waals surface area contributed by atoms with Crippen molar-refractivity contribution in [2.45, 2.75) is 0 Å². The lowest BCUT2D eigenvalue weighted by atomic mass is 9.91. The molecule has 0 saturated heterocycles. The van der Waals surface area contributed by atoms with Crippen LogP contribution in [0, 0.1) is 0 Å². The molecule has 0 N–H and O–H groups in total. The molecule has 0 aliphatic carbocycles. The second kappa shape index (κ2) is 14.4. The summed E-state index contributed by atoms with van der Waals surface area (Å²) < 4.78 is 0. The lowest BCUT2D eigenvalue weighted by molar-refractivity contribution is 1.18. The molecule has 0 atom stereocenters. The van der Waals surface area contributed by atoms with Crippen LogP contribution >= 0.6 is 0 Å². The largest absolute Gasteiger partial charge is 0.247 e. The molecule has 2 aromatic heterocycles. The lowest BCUT2D eigenvalue weighted by Crippen LogP contribution is -1.95. The normalized spacial score (nSPS) is 11.2. The minimum absolute atomic E-state index is 0.709. The van der Waals surface area contributed by atoms with E-state index in [0.29, 0.717) is 5.82 Å². The van der Waals surface area contributed by atoms with Crippen molar-refractivity contribution < 1.29 is 0 Å². The number of aromatic nitrogens is 3. The SMILES string of the molecule is c1ccc(-c2ccc(-c3nc4ccc(-c5ccc(-c6cc(-c7ccccc7)nc(-c7ccccc7)n6)cc5)cc4c4c(-c5ccccc5)cccc34)cc2)cc1. The minimum atomic E-state index is 0.709. The van der Waals surface area contributed by atoms with Crippen molar-refractivity contribution in [1.82, 2.24) is 15.0 Å². The zero-order valence-electron chi connectivity index (χ0n) is 30.5. The maximum atomic E-state index is 5.35. The molecule has 262 valence electrons. The molecule has 0 amide bonds. The third kappa shape index (κ3) is 6.31. The number of hydrogen-bond donors (Lipinski definition) is 0. The third-order valence-electron chi connectivity index (χ3n) is 10.5. The molecule has 0 saturated carbocycles. The van der Waals surface area contributed by atoms with E-state index in [4.69, 9.17) is 15.0 Å². The van der Waals surface area contributed by atoms with E-state index in [2.05, 4.69) is 176 Å². The number of fused-ring (bicyclic) bond motifs is 3. The fraction of sp³-hybridized carbons (Fsp3) is 0. The van der Waals surface area contributed by atoms with Crippen molar-refractivity contribution in [2.75, 3.05) is 0 Å². The maximum Gasteiger partial charge on any atom is 0.160 e. The van der Waals surface area contributed by atoms with Gasteiger partial charge in [-0.3, -0.25) is 0 Å². The summed E-state index contributed by atoms with van der Waals surface area (Å²) in [5, 5.41) is 3.46. The van der Waals surface area contributed by atoms with Gasteiger partial charge in [-0.2, -0.15) is 0 Å². The van der Waals surface area contributed by atoms with Crippen molar-refractivity contribution in [3.8, 4) is 78.5 Å². The standard InChI is InChI=1S/C53H35N3/c1-5-14-36(15-6-1)37-26-30-42(31-27-37)52-46-23-13-22-45(39-16-7-2-8-17-39)51(46)47-34-44(32-33-48(47)54-52)38-24-28-41(29-25-38)50-35-49(40-18-9-3-10-19-40)55-53(56-50)43-20-11-4-12-21-43/h1-35H. The predicted octanol–water partition coefficient (Wildman–Crippen LogP) is 13.8. The first-order chi connectivity index (χ1) is 27.7. The summed E-state index contributed by atoms with van der Waals surface area (Å²) in [6.45, 7) is 0. The number of rotatable bonds is 7. The first-order valence-electron chi connectivity index (χ1n) is 18.9. The first kappa shape index (κ1) is 33.1. The third-order valence-corrected chi connectivity index (χ3v) is 10.5. The van der Waals surface area contributed by atoms with Gasteiger partial charge in [-0.15, -0.1) is 0 Å². The second-order valence-corrected chi connectivity index (χ2v) is 14.0. The van der Waals surface area contributed by atoms with Crippen molar-refractivity contribution in [2.24, 2.45) is 0 Å². The molecular weight excluding hydrogens is 679 g/mol. The molecule has 2 heterocycles.